The maximum Gasteiger partial charge on any atom is 0.224 e. The molecule has 1 fully saturated rings. The molecule has 3 aromatic rings. The minimum Gasteiger partial charge on any atom is -0.370 e. The fourth-order valence-electron chi connectivity index (χ4n) is 3.81. The summed E-state index contributed by atoms with van der Waals surface area (Å²) in [6.07, 6.45) is 7.24. The molecule has 1 aliphatic heterocycles. The number of aromatic nitrogens is 1. The Kier molecular flexibility index (Phi) is 6.22. The van der Waals surface area contributed by atoms with Crippen LogP contribution >= 0.6 is 11.3 Å². The van der Waals surface area contributed by atoms with Gasteiger partial charge in [0, 0.05) is 19.5 Å². The molecule has 5 heteroatoms. The second kappa shape index (κ2) is 9.20. The standard InChI is InChI=1S/C23H27N3OS/c27-22(14-9-15-23-25-19-11-4-6-13-21(19)28-23)24-18-10-3-5-12-20(18)26-16-7-1-2-8-17-26/h3-6,10-13H,1-2,7-9,14-17H2,(H,24,27). The van der Waals surface area contributed by atoms with E-state index in [1.807, 2.05) is 30.3 Å². The van der Waals surface area contributed by atoms with Gasteiger partial charge in [0.05, 0.1) is 26.6 Å². The van der Waals surface area contributed by atoms with Gasteiger partial charge in [-0.1, -0.05) is 37.1 Å². The zero-order valence-electron chi connectivity index (χ0n) is 16.2. The van der Waals surface area contributed by atoms with Crippen LogP contribution < -0.4 is 10.2 Å². The molecule has 0 atom stereocenters. The number of carbonyl (C=O) groups excluding carboxylic acids is 1. The quantitative estimate of drug-likeness (QED) is 0.589. The van der Waals surface area contributed by atoms with E-state index in [9.17, 15) is 4.79 Å². The SMILES string of the molecule is O=C(CCCc1nc2ccccc2s1)Nc1ccccc1N1CCCCCC1. The van der Waals surface area contributed by atoms with Crippen LogP contribution in [0.2, 0.25) is 0 Å². The summed E-state index contributed by atoms with van der Waals surface area (Å²) in [5.41, 5.74) is 3.15. The summed E-state index contributed by atoms with van der Waals surface area (Å²) < 4.78 is 1.22. The van der Waals surface area contributed by atoms with Crippen molar-refractivity contribution in [2.45, 2.75) is 44.9 Å². The van der Waals surface area contributed by atoms with E-state index in [1.54, 1.807) is 11.3 Å². The highest BCUT2D eigenvalue weighted by atomic mass is 32.1. The third kappa shape index (κ3) is 4.71. The first-order chi connectivity index (χ1) is 13.8. The van der Waals surface area contributed by atoms with Crippen molar-refractivity contribution in [2.75, 3.05) is 23.3 Å². The lowest BCUT2D eigenvalue weighted by Crippen LogP contribution is -2.25. The molecule has 0 aliphatic carbocycles. The summed E-state index contributed by atoms with van der Waals surface area (Å²) in [7, 11) is 0. The molecule has 1 amide bonds. The van der Waals surface area contributed by atoms with Crippen molar-refractivity contribution in [3.05, 3.63) is 53.5 Å². The molecule has 1 aromatic heterocycles. The largest absolute Gasteiger partial charge is 0.370 e. The van der Waals surface area contributed by atoms with E-state index in [-0.39, 0.29) is 5.91 Å². The fraction of sp³-hybridized carbons (Fsp3) is 0.391. The Morgan fingerprint density at radius 3 is 2.57 bits per heavy atom. The van der Waals surface area contributed by atoms with Crippen LogP contribution in [0.4, 0.5) is 11.4 Å². The van der Waals surface area contributed by atoms with Gasteiger partial charge in [0.1, 0.15) is 0 Å². The van der Waals surface area contributed by atoms with Gasteiger partial charge in [-0.2, -0.15) is 0 Å². The van der Waals surface area contributed by atoms with E-state index in [1.165, 1.54) is 30.4 Å². The van der Waals surface area contributed by atoms with Crippen molar-refractivity contribution in [3.8, 4) is 0 Å². The first-order valence-electron chi connectivity index (χ1n) is 10.3. The van der Waals surface area contributed by atoms with Gasteiger partial charge in [-0.25, -0.2) is 4.98 Å². The number of aryl methyl sites for hydroxylation is 1. The molecule has 1 saturated heterocycles. The highest BCUT2D eigenvalue weighted by Crippen LogP contribution is 2.28. The van der Waals surface area contributed by atoms with Crippen molar-refractivity contribution in [3.63, 3.8) is 0 Å². The van der Waals surface area contributed by atoms with Gasteiger partial charge in [0.2, 0.25) is 5.91 Å². The van der Waals surface area contributed by atoms with Crippen molar-refractivity contribution in [1.82, 2.24) is 4.98 Å². The number of amides is 1. The van der Waals surface area contributed by atoms with E-state index >= 15 is 0 Å². The third-order valence-corrected chi connectivity index (χ3v) is 6.35. The van der Waals surface area contributed by atoms with Crippen molar-refractivity contribution in [1.29, 1.82) is 0 Å². The molecule has 0 saturated carbocycles. The Balaban J connectivity index is 1.33. The number of nitrogens with zero attached hydrogens (tertiary/aromatic N) is 2. The topological polar surface area (TPSA) is 45.2 Å². The first kappa shape index (κ1) is 18.9. The normalized spacial score (nSPS) is 14.8. The lowest BCUT2D eigenvalue weighted by Gasteiger charge is -2.25. The van der Waals surface area contributed by atoms with Crippen LogP contribution in [-0.4, -0.2) is 24.0 Å². The predicted molar refractivity (Wildman–Crippen MR) is 118 cm³/mol. The molecule has 1 aliphatic rings. The van der Waals surface area contributed by atoms with Crippen molar-refractivity contribution < 1.29 is 4.79 Å². The zero-order chi connectivity index (χ0) is 19.2. The predicted octanol–water partition coefficient (Wildman–Crippen LogP) is 5.64. The van der Waals surface area contributed by atoms with E-state index < -0.39 is 0 Å². The minimum absolute atomic E-state index is 0.0865. The minimum atomic E-state index is 0.0865. The number of rotatable bonds is 6. The average molecular weight is 394 g/mol. The molecule has 28 heavy (non-hydrogen) atoms. The van der Waals surface area contributed by atoms with Gasteiger partial charge in [-0.15, -0.1) is 11.3 Å². The summed E-state index contributed by atoms with van der Waals surface area (Å²) in [6.45, 7) is 2.15. The van der Waals surface area contributed by atoms with E-state index in [4.69, 9.17) is 0 Å². The molecular weight excluding hydrogens is 366 g/mol. The summed E-state index contributed by atoms with van der Waals surface area (Å²) in [5.74, 6) is 0.0865. The monoisotopic (exact) mass is 393 g/mol. The Morgan fingerprint density at radius 2 is 1.75 bits per heavy atom. The van der Waals surface area contributed by atoms with Gasteiger partial charge in [0.15, 0.2) is 0 Å². The molecule has 146 valence electrons. The number of hydrogen-bond donors (Lipinski definition) is 1. The molecule has 2 aromatic carbocycles. The molecule has 1 N–H and O–H groups in total. The van der Waals surface area contributed by atoms with Crippen LogP contribution in [0.25, 0.3) is 10.2 Å². The number of hydrogen-bond acceptors (Lipinski definition) is 4. The number of carbonyl (C=O) groups is 1. The zero-order valence-corrected chi connectivity index (χ0v) is 17.0. The average Bonchev–Trinajstić information content (AvgIpc) is 2.93. The van der Waals surface area contributed by atoms with Gasteiger partial charge < -0.3 is 10.2 Å². The number of para-hydroxylation sites is 3. The number of nitrogens with one attached hydrogen (secondary N) is 1. The van der Waals surface area contributed by atoms with Gasteiger partial charge in [0.25, 0.3) is 0 Å². The number of thiazole rings is 1. The molecule has 0 unspecified atom stereocenters. The van der Waals surface area contributed by atoms with Crippen LogP contribution in [0.3, 0.4) is 0 Å². The Morgan fingerprint density at radius 1 is 1.00 bits per heavy atom. The lowest BCUT2D eigenvalue weighted by molar-refractivity contribution is -0.116. The second-order valence-electron chi connectivity index (χ2n) is 7.40. The molecule has 0 radical (unpaired) electrons. The summed E-state index contributed by atoms with van der Waals surface area (Å²) >= 11 is 1.73. The molecular formula is C23H27N3OS. The van der Waals surface area contributed by atoms with E-state index in [0.717, 1.165) is 47.8 Å². The van der Waals surface area contributed by atoms with Gasteiger partial charge in [-0.3, -0.25) is 4.79 Å². The van der Waals surface area contributed by atoms with Gasteiger partial charge >= 0.3 is 0 Å². The second-order valence-corrected chi connectivity index (χ2v) is 8.51. The van der Waals surface area contributed by atoms with Crippen LogP contribution in [-0.2, 0) is 11.2 Å². The molecule has 4 rings (SSSR count). The Hall–Kier alpha value is -2.40. The molecule has 4 nitrogen and oxygen atoms in total. The summed E-state index contributed by atoms with van der Waals surface area (Å²) in [6, 6.07) is 16.4. The third-order valence-electron chi connectivity index (χ3n) is 5.26. The summed E-state index contributed by atoms with van der Waals surface area (Å²) in [5, 5.41) is 4.25. The maximum absolute atomic E-state index is 12.5. The van der Waals surface area contributed by atoms with Crippen LogP contribution in [0.1, 0.15) is 43.5 Å². The smallest absolute Gasteiger partial charge is 0.224 e. The fourth-order valence-corrected chi connectivity index (χ4v) is 4.82. The molecule has 0 bridgehead atoms. The molecule has 2 heterocycles. The van der Waals surface area contributed by atoms with E-state index in [2.05, 4.69) is 33.4 Å². The Bertz CT molecular complexity index is 895. The van der Waals surface area contributed by atoms with Crippen LogP contribution in [0, 0.1) is 0 Å². The van der Waals surface area contributed by atoms with Gasteiger partial charge in [-0.05, 0) is 49.9 Å². The first-order valence-corrected chi connectivity index (χ1v) is 11.1. The maximum atomic E-state index is 12.5. The molecule has 0 spiro atoms. The number of anilines is 2. The van der Waals surface area contributed by atoms with Crippen LogP contribution in [0.5, 0.6) is 0 Å². The summed E-state index contributed by atoms with van der Waals surface area (Å²) in [4.78, 5) is 19.6. The van der Waals surface area contributed by atoms with Crippen LogP contribution in [0.15, 0.2) is 48.5 Å². The highest BCUT2D eigenvalue weighted by Gasteiger charge is 2.15. The highest BCUT2D eigenvalue weighted by molar-refractivity contribution is 7.18. The Labute approximate surface area is 170 Å². The number of fused-ring (bicyclic) bond motifs is 1. The van der Waals surface area contributed by atoms with E-state index in [0.29, 0.717) is 6.42 Å². The van der Waals surface area contributed by atoms with Crippen molar-refractivity contribution >= 4 is 38.8 Å². The van der Waals surface area contributed by atoms with Crippen molar-refractivity contribution in [2.24, 2.45) is 0 Å². The lowest BCUT2D eigenvalue weighted by atomic mass is 10.2. The number of benzene rings is 2.